The third-order valence-corrected chi connectivity index (χ3v) is 5.99. The Morgan fingerprint density at radius 2 is 1.77 bits per heavy atom. The second kappa shape index (κ2) is 12.1. The van der Waals surface area contributed by atoms with E-state index in [2.05, 4.69) is 47.1 Å². The predicted octanol–water partition coefficient (Wildman–Crippen LogP) is 5.58. The molecule has 0 aliphatic rings. The molecule has 0 unspecified atom stereocenters. The molecule has 0 saturated heterocycles. The molecule has 35 heavy (non-hydrogen) atoms. The number of carbonyl (C=O) groups is 1. The number of benzene rings is 3. The Kier molecular flexibility index (Phi) is 8.39. The topological polar surface area (TPSA) is 65.4 Å². The van der Waals surface area contributed by atoms with E-state index in [-0.39, 0.29) is 5.91 Å². The van der Waals surface area contributed by atoms with Gasteiger partial charge in [-0.25, -0.2) is 4.98 Å². The maximum Gasteiger partial charge on any atom is 0.251 e. The minimum absolute atomic E-state index is 0.0917. The van der Waals surface area contributed by atoms with Crippen LogP contribution in [-0.2, 0) is 13.0 Å². The van der Waals surface area contributed by atoms with E-state index in [1.807, 2.05) is 30.3 Å². The maximum atomic E-state index is 12.5. The predicted molar refractivity (Wildman–Crippen MR) is 139 cm³/mol. The Morgan fingerprint density at radius 3 is 2.60 bits per heavy atom. The molecule has 0 atom stereocenters. The van der Waals surface area contributed by atoms with Gasteiger partial charge in [0.2, 0.25) is 0 Å². The lowest BCUT2D eigenvalue weighted by Crippen LogP contribution is -2.25. The van der Waals surface area contributed by atoms with Crippen LogP contribution in [0, 0.1) is 6.92 Å². The van der Waals surface area contributed by atoms with Gasteiger partial charge in [-0.15, -0.1) is 0 Å². The summed E-state index contributed by atoms with van der Waals surface area (Å²) in [5.41, 5.74) is 4.00. The zero-order chi connectivity index (χ0) is 24.5. The zero-order valence-corrected chi connectivity index (χ0v) is 20.5. The van der Waals surface area contributed by atoms with Crippen LogP contribution in [0.3, 0.4) is 0 Å². The third-order valence-electron chi connectivity index (χ3n) is 5.99. The minimum Gasteiger partial charge on any atom is -0.497 e. The molecule has 4 aromatic rings. The van der Waals surface area contributed by atoms with Crippen LogP contribution in [0.15, 0.2) is 72.8 Å². The number of carbonyl (C=O) groups excluding carboxylic acids is 1. The molecular weight excluding hydrogens is 438 g/mol. The van der Waals surface area contributed by atoms with Gasteiger partial charge < -0.3 is 19.4 Å². The van der Waals surface area contributed by atoms with Gasteiger partial charge >= 0.3 is 0 Å². The van der Waals surface area contributed by atoms with Crippen LogP contribution in [0.4, 0.5) is 0 Å². The van der Waals surface area contributed by atoms with E-state index in [4.69, 9.17) is 14.5 Å². The average Bonchev–Trinajstić information content (AvgIpc) is 3.24. The van der Waals surface area contributed by atoms with Gasteiger partial charge in [-0.2, -0.15) is 0 Å². The van der Waals surface area contributed by atoms with Crippen LogP contribution in [0.1, 0.15) is 41.0 Å². The molecule has 1 amide bonds. The van der Waals surface area contributed by atoms with E-state index in [0.29, 0.717) is 24.5 Å². The van der Waals surface area contributed by atoms with E-state index in [1.54, 1.807) is 19.2 Å². The summed E-state index contributed by atoms with van der Waals surface area (Å²) in [5.74, 6) is 2.56. The number of unbranched alkanes of at least 4 members (excludes halogenated alkanes) is 1. The third kappa shape index (κ3) is 6.63. The summed E-state index contributed by atoms with van der Waals surface area (Å²) in [7, 11) is 1.60. The van der Waals surface area contributed by atoms with Crippen LogP contribution in [-0.4, -0.2) is 35.7 Å². The fourth-order valence-corrected chi connectivity index (χ4v) is 4.08. The minimum atomic E-state index is -0.0917. The highest BCUT2D eigenvalue weighted by atomic mass is 16.5. The molecule has 0 fully saturated rings. The zero-order valence-electron chi connectivity index (χ0n) is 20.5. The first-order chi connectivity index (χ1) is 17.1. The van der Waals surface area contributed by atoms with Gasteiger partial charge in [0.05, 0.1) is 24.8 Å². The van der Waals surface area contributed by atoms with E-state index >= 15 is 0 Å². The second-order valence-corrected chi connectivity index (χ2v) is 8.63. The molecule has 0 saturated carbocycles. The number of imidazole rings is 1. The van der Waals surface area contributed by atoms with Gasteiger partial charge in [-0.1, -0.05) is 35.9 Å². The number of rotatable bonds is 12. The van der Waals surface area contributed by atoms with Crippen LogP contribution in [0.2, 0.25) is 0 Å². The van der Waals surface area contributed by atoms with Gasteiger partial charge in [-0.3, -0.25) is 4.79 Å². The van der Waals surface area contributed by atoms with Crippen LogP contribution in [0.25, 0.3) is 11.0 Å². The van der Waals surface area contributed by atoms with Crippen LogP contribution in [0.5, 0.6) is 11.5 Å². The molecule has 4 rings (SSSR count). The fraction of sp³-hybridized carbons (Fsp3) is 0.310. The van der Waals surface area contributed by atoms with E-state index in [1.165, 1.54) is 5.56 Å². The molecule has 1 N–H and O–H groups in total. The SMILES string of the molecule is COc1cccc(C(=O)NCCCc2nc3ccccc3n2CCCCOc2ccc(C)cc2)c1. The van der Waals surface area contributed by atoms with Crippen molar-refractivity contribution in [1.82, 2.24) is 14.9 Å². The normalized spacial score (nSPS) is 10.9. The quantitative estimate of drug-likeness (QED) is 0.274. The van der Waals surface area contributed by atoms with Gasteiger partial charge in [0.25, 0.3) is 5.91 Å². The Morgan fingerprint density at radius 1 is 0.943 bits per heavy atom. The first-order valence-corrected chi connectivity index (χ1v) is 12.2. The second-order valence-electron chi connectivity index (χ2n) is 8.63. The van der Waals surface area contributed by atoms with Crippen molar-refractivity contribution < 1.29 is 14.3 Å². The van der Waals surface area contributed by atoms with Crippen molar-refractivity contribution in [3.05, 3.63) is 89.7 Å². The Hall–Kier alpha value is -3.80. The number of amides is 1. The van der Waals surface area contributed by atoms with Crippen molar-refractivity contribution in [2.75, 3.05) is 20.3 Å². The number of hydrogen-bond acceptors (Lipinski definition) is 4. The number of hydrogen-bond donors (Lipinski definition) is 1. The number of ether oxygens (including phenoxy) is 2. The molecule has 1 aromatic heterocycles. The molecule has 6 nitrogen and oxygen atoms in total. The lowest BCUT2D eigenvalue weighted by atomic mass is 10.2. The summed E-state index contributed by atoms with van der Waals surface area (Å²) in [5, 5.41) is 3.00. The van der Waals surface area contributed by atoms with Crippen molar-refractivity contribution in [3.8, 4) is 11.5 Å². The Labute approximate surface area is 206 Å². The summed E-state index contributed by atoms with van der Waals surface area (Å²) in [6.07, 6.45) is 3.59. The van der Waals surface area contributed by atoms with Gasteiger partial charge in [-0.05, 0) is 68.7 Å². The molecule has 3 aromatic carbocycles. The van der Waals surface area contributed by atoms with E-state index in [9.17, 15) is 4.79 Å². The molecule has 0 spiro atoms. The maximum absolute atomic E-state index is 12.5. The highest BCUT2D eigenvalue weighted by molar-refractivity contribution is 5.94. The number of methoxy groups -OCH3 is 1. The van der Waals surface area contributed by atoms with E-state index < -0.39 is 0 Å². The number of fused-ring (bicyclic) bond motifs is 1. The Bertz CT molecular complexity index is 1250. The van der Waals surface area contributed by atoms with Gasteiger partial charge in [0.1, 0.15) is 17.3 Å². The molecular formula is C29H33N3O3. The highest BCUT2D eigenvalue weighted by Gasteiger charge is 2.11. The van der Waals surface area contributed by atoms with Gasteiger partial charge in [0.15, 0.2) is 0 Å². The molecule has 0 radical (unpaired) electrons. The molecule has 1 heterocycles. The number of nitrogens with one attached hydrogen (secondary N) is 1. The highest BCUT2D eigenvalue weighted by Crippen LogP contribution is 2.19. The van der Waals surface area contributed by atoms with E-state index in [0.717, 1.165) is 54.8 Å². The Balaban J connectivity index is 1.28. The van der Waals surface area contributed by atoms with Crippen molar-refractivity contribution in [2.45, 2.75) is 39.2 Å². The summed E-state index contributed by atoms with van der Waals surface area (Å²) < 4.78 is 13.4. The first-order valence-electron chi connectivity index (χ1n) is 12.2. The van der Waals surface area contributed by atoms with Crippen LogP contribution >= 0.6 is 0 Å². The molecule has 0 aliphatic carbocycles. The van der Waals surface area contributed by atoms with Crippen molar-refractivity contribution >= 4 is 16.9 Å². The number of para-hydroxylation sites is 2. The summed E-state index contributed by atoms with van der Waals surface area (Å²) in [6, 6.07) is 23.6. The van der Waals surface area contributed by atoms with Crippen molar-refractivity contribution in [1.29, 1.82) is 0 Å². The molecule has 0 bridgehead atoms. The molecule has 0 aliphatic heterocycles. The molecule has 6 heteroatoms. The first kappa shape index (κ1) is 24.3. The van der Waals surface area contributed by atoms with Gasteiger partial charge in [0, 0.05) is 25.1 Å². The number of aromatic nitrogens is 2. The fourth-order valence-electron chi connectivity index (χ4n) is 4.08. The largest absolute Gasteiger partial charge is 0.497 e. The summed E-state index contributed by atoms with van der Waals surface area (Å²) >= 11 is 0. The summed E-state index contributed by atoms with van der Waals surface area (Å²) in [4.78, 5) is 17.3. The van der Waals surface area contributed by atoms with Crippen molar-refractivity contribution in [3.63, 3.8) is 0 Å². The number of aryl methyl sites for hydroxylation is 3. The van der Waals surface area contributed by atoms with Crippen molar-refractivity contribution in [2.24, 2.45) is 0 Å². The smallest absolute Gasteiger partial charge is 0.251 e. The number of nitrogens with zero attached hydrogens (tertiary/aromatic N) is 2. The molecule has 182 valence electrons. The lowest BCUT2D eigenvalue weighted by Gasteiger charge is -2.11. The standard InChI is InChI=1S/C29H33N3O3/c1-22-14-16-24(17-15-22)35-20-6-5-19-32-27-12-4-3-11-26(27)31-28(32)13-8-18-30-29(33)23-9-7-10-25(21-23)34-2/h3-4,7,9-12,14-17,21H,5-6,8,13,18-20H2,1-2H3,(H,30,33). The van der Waals surface area contributed by atoms with Crippen LogP contribution < -0.4 is 14.8 Å². The monoisotopic (exact) mass is 471 g/mol. The lowest BCUT2D eigenvalue weighted by molar-refractivity contribution is 0.0952. The summed E-state index contributed by atoms with van der Waals surface area (Å²) in [6.45, 7) is 4.25. The average molecular weight is 472 g/mol.